The van der Waals surface area contributed by atoms with E-state index in [0.29, 0.717) is 23.8 Å². The maximum atomic E-state index is 12.7. The van der Waals surface area contributed by atoms with E-state index >= 15 is 0 Å². The zero-order valence-electron chi connectivity index (χ0n) is 17.1. The molecule has 1 saturated heterocycles. The molecule has 2 amide bonds. The van der Waals surface area contributed by atoms with Gasteiger partial charge in [-0.05, 0) is 43.0 Å². The Balaban J connectivity index is 1.41. The van der Waals surface area contributed by atoms with Gasteiger partial charge in [0.25, 0.3) is 11.8 Å². The number of nitrogens with zero attached hydrogens (tertiary/aromatic N) is 1. The van der Waals surface area contributed by atoms with Gasteiger partial charge in [-0.2, -0.15) is 4.31 Å². The van der Waals surface area contributed by atoms with Crippen molar-refractivity contribution in [2.75, 3.05) is 38.2 Å². The second-order valence-electron chi connectivity index (χ2n) is 7.37. The number of aryl methyl sites for hydroxylation is 1. The van der Waals surface area contributed by atoms with Gasteiger partial charge in [-0.3, -0.25) is 9.59 Å². The van der Waals surface area contributed by atoms with Gasteiger partial charge >= 0.3 is 0 Å². The van der Waals surface area contributed by atoms with Crippen molar-refractivity contribution in [3.63, 3.8) is 0 Å². The first kappa shape index (κ1) is 23.0. The molecule has 172 valence electrons. The van der Waals surface area contributed by atoms with Crippen molar-refractivity contribution in [3.8, 4) is 5.75 Å². The number of sulfonamides is 1. The number of anilines is 1. The normalized spacial score (nSPS) is 16.5. The first-order valence-corrected chi connectivity index (χ1v) is 12.7. The number of amides is 2. The average molecular weight is 500 g/mol. The molecule has 0 radical (unpaired) electrons. The fourth-order valence-electron chi connectivity index (χ4n) is 3.75. The topological polar surface area (TPSA) is 128 Å². The van der Waals surface area contributed by atoms with Crippen LogP contribution in [0.3, 0.4) is 0 Å². The second kappa shape index (κ2) is 9.36. The molecule has 2 aromatic rings. The van der Waals surface area contributed by atoms with Crippen molar-refractivity contribution in [1.82, 2.24) is 4.31 Å². The molecule has 0 saturated carbocycles. The van der Waals surface area contributed by atoms with Gasteiger partial charge in [-0.25, -0.2) is 8.42 Å². The summed E-state index contributed by atoms with van der Waals surface area (Å²) in [5, 5.41) is 3.18. The summed E-state index contributed by atoms with van der Waals surface area (Å²) in [6, 6.07) is 4.10. The zero-order chi connectivity index (χ0) is 22.9. The molecule has 1 aromatic carbocycles. The van der Waals surface area contributed by atoms with E-state index in [1.807, 2.05) is 0 Å². The van der Waals surface area contributed by atoms with Crippen molar-refractivity contribution >= 4 is 49.8 Å². The second-order valence-corrected chi connectivity index (χ2v) is 10.8. The third-order valence-corrected chi connectivity index (χ3v) is 8.69. The molecular weight excluding hydrogens is 478 g/mol. The quantitative estimate of drug-likeness (QED) is 0.599. The van der Waals surface area contributed by atoms with Crippen LogP contribution in [0.2, 0.25) is 5.02 Å². The number of hydrogen-bond donors (Lipinski definition) is 2. The fourth-order valence-corrected chi connectivity index (χ4v) is 6.80. The Morgan fingerprint density at radius 3 is 2.69 bits per heavy atom. The Hall–Kier alpha value is -2.18. The number of rotatable bonds is 7. The lowest BCUT2D eigenvalue weighted by atomic mass is 10.1. The molecule has 0 bridgehead atoms. The molecule has 2 aliphatic rings. The highest BCUT2D eigenvalue weighted by Gasteiger charge is 2.28. The Kier molecular flexibility index (Phi) is 6.72. The highest BCUT2D eigenvalue weighted by Crippen LogP contribution is 2.38. The highest BCUT2D eigenvalue weighted by molar-refractivity contribution is 7.89. The Bertz CT molecular complexity index is 1160. The zero-order valence-corrected chi connectivity index (χ0v) is 19.4. The predicted octanol–water partition coefficient (Wildman–Crippen LogP) is 2.03. The van der Waals surface area contributed by atoms with Crippen molar-refractivity contribution in [3.05, 3.63) is 39.2 Å². The minimum absolute atomic E-state index is 0.0420. The van der Waals surface area contributed by atoms with Crippen LogP contribution < -0.4 is 15.8 Å². The van der Waals surface area contributed by atoms with Gasteiger partial charge in [0, 0.05) is 18.0 Å². The van der Waals surface area contributed by atoms with Crippen LogP contribution in [-0.2, 0) is 32.4 Å². The number of primary amides is 1. The molecule has 9 nitrogen and oxygen atoms in total. The summed E-state index contributed by atoms with van der Waals surface area (Å²) < 4.78 is 37.5. The fraction of sp³-hybridized carbons (Fsp3) is 0.400. The lowest BCUT2D eigenvalue weighted by molar-refractivity contribution is -0.118. The predicted molar refractivity (Wildman–Crippen MR) is 120 cm³/mol. The summed E-state index contributed by atoms with van der Waals surface area (Å²) in [6.07, 6.45) is 2.60. The Morgan fingerprint density at radius 2 is 2.00 bits per heavy atom. The molecule has 2 heterocycles. The van der Waals surface area contributed by atoms with Gasteiger partial charge in [0.15, 0.2) is 6.61 Å². The summed E-state index contributed by atoms with van der Waals surface area (Å²) >= 11 is 7.57. The molecule has 1 aliphatic heterocycles. The van der Waals surface area contributed by atoms with Gasteiger partial charge < -0.3 is 20.5 Å². The monoisotopic (exact) mass is 499 g/mol. The van der Waals surface area contributed by atoms with Crippen LogP contribution in [-0.4, -0.2) is 57.4 Å². The number of ether oxygens (including phenoxy) is 2. The Labute approximate surface area is 194 Å². The van der Waals surface area contributed by atoms with Crippen LogP contribution in [0.4, 0.5) is 5.00 Å². The minimum Gasteiger partial charge on any atom is -0.482 e. The van der Waals surface area contributed by atoms with Gasteiger partial charge in [0.1, 0.15) is 10.8 Å². The van der Waals surface area contributed by atoms with E-state index in [9.17, 15) is 18.0 Å². The Morgan fingerprint density at radius 1 is 1.25 bits per heavy atom. The van der Waals surface area contributed by atoms with E-state index in [0.717, 1.165) is 29.7 Å². The van der Waals surface area contributed by atoms with Gasteiger partial charge in [0.05, 0.1) is 28.7 Å². The van der Waals surface area contributed by atoms with Crippen molar-refractivity contribution in [1.29, 1.82) is 0 Å². The number of benzene rings is 1. The van der Waals surface area contributed by atoms with E-state index < -0.39 is 21.8 Å². The number of fused-ring (bicyclic) bond motifs is 1. The van der Waals surface area contributed by atoms with Gasteiger partial charge in [0.2, 0.25) is 10.0 Å². The largest absolute Gasteiger partial charge is 0.482 e. The van der Waals surface area contributed by atoms with Crippen LogP contribution in [0.25, 0.3) is 0 Å². The summed E-state index contributed by atoms with van der Waals surface area (Å²) in [4.78, 5) is 25.3. The molecule has 0 spiro atoms. The smallest absolute Gasteiger partial charge is 0.262 e. The summed E-state index contributed by atoms with van der Waals surface area (Å²) in [5.41, 5.74) is 6.79. The lowest BCUT2D eigenvalue weighted by Crippen LogP contribution is -2.40. The SMILES string of the molecule is NC(=O)c1c(NC(=O)COc2ccc(S(=O)(=O)N3CCOCC3)cc2Cl)sc2c1CCC2. The van der Waals surface area contributed by atoms with Crippen molar-refractivity contribution in [2.45, 2.75) is 24.2 Å². The number of hydrogen-bond acceptors (Lipinski definition) is 7. The third-order valence-electron chi connectivity index (χ3n) is 5.29. The number of carbonyl (C=O) groups is 2. The third kappa shape index (κ3) is 4.62. The molecule has 1 aliphatic carbocycles. The van der Waals surface area contributed by atoms with Crippen LogP contribution >= 0.6 is 22.9 Å². The summed E-state index contributed by atoms with van der Waals surface area (Å²) in [7, 11) is -3.69. The average Bonchev–Trinajstić information content (AvgIpc) is 3.34. The standard InChI is InChI=1S/C20H22ClN3O6S2/c21-14-10-12(32(27,28)24-6-8-29-9-7-24)4-5-15(14)30-11-17(25)23-20-18(19(22)26)13-2-1-3-16(13)31-20/h4-5,10H,1-3,6-9,11H2,(H2,22,26)(H,23,25). The van der Waals surface area contributed by atoms with E-state index in [4.69, 9.17) is 26.8 Å². The number of morpholine rings is 1. The summed E-state index contributed by atoms with van der Waals surface area (Å²) in [6.45, 7) is 0.869. The maximum Gasteiger partial charge on any atom is 0.262 e. The van der Waals surface area contributed by atoms with Crippen LogP contribution in [0.1, 0.15) is 27.2 Å². The van der Waals surface area contributed by atoms with Crippen LogP contribution in [0, 0.1) is 0 Å². The van der Waals surface area contributed by atoms with Crippen molar-refractivity contribution < 1.29 is 27.5 Å². The van der Waals surface area contributed by atoms with E-state index in [2.05, 4.69) is 5.32 Å². The number of thiophene rings is 1. The van der Waals surface area contributed by atoms with E-state index in [1.165, 1.54) is 33.8 Å². The number of halogens is 1. The summed E-state index contributed by atoms with van der Waals surface area (Å²) in [5.74, 6) is -0.874. The molecule has 1 fully saturated rings. The van der Waals surface area contributed by atoms with E-state index in [-0.39, 0.29) is 35.4 Å². The molecule has 32 heavy (non-hydrogen) atoms. The number of carbonyl (C=O) groups excluding carboxylic acids is 2. The first-order chi connectivity index (χ1) is 15.3. The minimum atomic E-state index is -3.69. The van der Waals surface area contributed by atoms with Gasteiger partial charge in [-0.15, -0.1) is 11.3 Å². The van der Waals surface area contributed by atoms with Crippen LogP contribution in [0.5, 0.6) is 5.75 Å². The van der Waals surface area contributed by atoms with Crippen molar-refractivity contribution in [2.24, 2.45) is 5.73 Å². The maximum absolute atomic E-state index is 12.7. The molecule has 1 aromatic heterocycles. The molecule has 3 N–H and O–H groups in total. The number of nitrogens with two attached hydrogens (primary N) is 1. The molecule has 0 atom stereocenters. The molecule has 0 unspecified atom stereocenters. The highest BCUT2D eigenvalue weighted by atomic mass is 35.5. The molecule has 4 rings (SSSR count). The molecular formula is C20H22ClN3O6S2. The van der Waals surface area contributed by atoms with Gasteiger partial charge in [-0.1, -0.05) is 11.6 Å². The number of nitrogens with one attached hydrogen (secondary N) is 1. The van der Waals surface area contributed by atoms with Crippen LogP contribution in [0.15, 0.2) is 23.1 Å². The lowest BCUT2D eigenvalue weighted by Gasteiger charge is -2.26. The first-order valence-electron chi connectivity index (χ1n) is 10.0. The molecule has 12 heteroatoms. The van der Waals surface area contributed by atoms with E-state index in [1.54, 1.807) is 0 Å².